The second kappa shape index (κ2) is 11.7. The molecule has 120 valence electrons. The molecule has 0 aromatic carbocycles. The number of hydrogen-bond acceptors (Lipinski definition) is 2. The van der Waals surface area contributed by atoms with E-state index in [1.807, 2.05) is 0 Å². The highest BCUT2D eigenvalue weighted by Gasteiger charge is 2.05. The van der Waals surface area contributed by atoms with Gasteiger partial charge in [0.05, 0.1) is 0 Å². The van der Waals surface area contributed by atoms with Gasteiger partial charge in [-0.25, -0.2) is 9.97 Å². The number of rotatable bonds is 12. The first kappa shape index (κ1) is 18.1. The van der Waals surface area contributed by atoms with Crippen LogP contribution in [0.1, 0.15) is 95.8 Å². The van der Waals surface area contributed by atoms with Crippen molar-refractivity contribution in [2.75, 3.05) is 0 Å². The van der Waals surface area contributed by atoms with Crippen LogP contribution in [-0.4, -0.2) is 9.97 Å². The SMILES string of the molecule is CCCCCc1cc(CCCCC)nc(CCCCC)n1. The molecule has 1 aromatic rings. The van der Waals surface area contributed by atoms with Crippen molar-refractivity contribution in [2.45, 2.75) is 97.8 Å². The zero-order chi connectivity index (χ0) is 15.3. The predicted octanol–water partition coefficient (Wildman–Crippen LogP) is 5.67. The Labute approximate surface area is 131 Å². The molecule has 1 rings (SSSR count). The average Bonchev–Trinajstić information content (AvgIpc) is 2.48. The smallest absolute Gasteiger partial charge is 0.128 e. The fourth-order valence-electron chi connectivity index (χ4n) is 2.63. The highest BCUT2D eigenvalue weighted by Crippen LogP contribution is 2.12. The van der Waals surface area contributed by atoms with E-state index in [-0.39, 0.29) is 0 Å². The molecule has 0 aliphatic carbocycles. The summed E-state index contributed by atoms with van der Waals surface area (Å²) in [4.78, 5) is 9.59. The van der Waals surface area contributed by atoms with Gasteiger partial charge in [-0.05, 0) is 38.2 Å². The van der Waals surface area contributed by atoms with Gasteiger partial charge in [0.25, 0.3) is 0 Å². The second-order valence-electron chi connectivity index (χ2n) is 6.14. The lowest BCUT2D eigenvalue weighted by atomic mass is 10.1. The maximum atomic E-state index is 4.79. The third kappa shape index (κ3) is 8.18. The lowest BCUT2D eigenvalue weighted by molar-refractivity contribution is 0.658. The first-order valence-corrected chi connectivity index (χ1v) is 9.15. The van der Waals surface area contributed by atoms with Gasteiger partial charge < -0.3 is 0 Å². The van der Waals surface area contributed by atoms with Crippen LogP contribution in [0.2, 0.25) is 0 Å². The molecule has 0 saturated heterocycles. The molecule has 0 spiro atoms. The molecule has 0 radical (unpaired) electrons. The number of unbranched alkanes of at least 4 members (excludes halogenated alkanes) is 6. The number of aromatic nitrogens is 2. The van der Waals surface area contributed by atoms with Gasteiger partial charge in [-0.2, -0.15) is 0 Å². The Morgan fingerprint density at radius 3 is 1.48 bits per heavy atom. The highest BCUT2D eigenvalue weighted by molar-refractivity contribution is 5.12. The third-order valence-electron chi connectivity index (χ3n) is 3.96. The van der Waals surface area contributed by atoms with E-state index in [1.54, 1.807) is 0 Å². The lowest BCUT2D eigenvalue weighted by Crippen LogP contribution is -2.04. The van der Waals surface area contributed by atoms with Gasteiger partial charge in [-0.1, -0.05) is 59.3 Å². The summed E-state index contributed by atoms with van der Waals surface area (Å²) >= 11 is 0. The molecule has 1 heterocycles. The minimum absolute atomic E-state index is 1.05. The Morgan fingerprint density at radius 1 is 0.619 bits per heavy atom. The van der Waals surface area contributed by atoms with E-state index in [0.717, 1.165) is 25.1 Å². The summed E-state index contributed by atoms with van der Waals surface area (Å²) in [5.74, 6) is 1.09. The molecule has 2 heteroatoms. The van der Waals surface area contributed by atoms with Gasteiger partial charge in [-0.3, -0.25) is 0 Å². The van der Waals surface area contributed by atoms with Crippen LogP contribution in [0.5, 0.6) is 0 Å². The zero-order valence-electron chi connectivity index (χ0n) is 14.5. The number of aryl methyl sites for hydroxylation is 3. The van der Waals surface area contributed by atoms with Crippen LogP contribution in [0.25, 0.3) is 0 Å². The second-order valence-corrected chi connectivity index (χ2v) is 6.14. The molecular formula is C19H34N2. The fraction of sp³-hybridized carbons (Fsp3) is 0.789. The van der Waals surface area contributed by atoms with E-state index >= 15 is 0 Å². The van der Waals surface area contributed by atoms with Crippen LogP contribution in [0.15, 0.2) is 6.07 Å². The summed E-state index contributed by atoms with van der Waals surface area (Å²) in [6.45, 7) is 6.76. The van der Waals surface area contributed by atoms with Gasteiger partial charge in [0.2, 0.25) is 0 Å². The molecule has 0 N–H and O–H groups in total. The Hall–Kier alpha value is -0.920. The van der Waals surface area contributed by atoms with Crippen molar-refractivity contribution in [3.8, 4) is 0 Å². The minimum Gasteiger partial charge on any atom is -0.238 e. The van der Waals surface area contributed by atoms with Crippen LogP contribution in [0.4, 0.5) is 0 Å². The van der Waals surface area contributed by atoms with E-state index < -0.39 is 0 Å². The number of hydrogen-bond donors (Lipinski definition) is 0. The third-order valence-corrected chi connectivity index (χ3v) is 3.96. The molecule has 0 bridgehead atoms. The molecule has 1 aromatic heterocycles. The van der Waals surface area contributed by atoms with Crippen molar-refractivity contribution in [2.24, 2.45) is 0 Å². The van der Waals surface area contributed by atoms with E-state index in [9.17, 15) is 0 Å². The summed E-state index contributed by atoms with van der Waals surface area (Å²) in [6, 6.07) is 2.26. The summed E-state index contributed by atoms with van der Waals surface area (Å²) in [6.07, 6.45) is 14.8. The molecule has 2 nitrogen and oxygen atoms in total. The molecule has 0 aliphatic heterocycles. The van der Waals surface area contributed by atoms with E-state index in [1.165, 1.54) is 69.2 Å². The van der Waals surface area contributed by atoms with Gasteiger partial charge in [0, 0.05) is 17.8 Å². The summed E-state index contributed by atoms with van der Waals surface area (Å²) in [7, 11) is 0. The lowest BCUT2D eigenvalue weighted by Gasteiger charge is -2.08. The maximum Gasteiger partial charge on any atom is 0.128 e. The Bertz CT molecular complexity index is 304. The molecular weight excluding hydrogens is 256 g/mol. The molecule has 0 atom stereocenters. The largest absolute Gasteiger partial charge is 0.238 e. The van der Waals surface area contributed by atoms with E-state index in [2.05, 4.69) is 26.8 Å². The minimum atomic E-state index is 1.05. The fourth-order valence-corrected chi connectivity index (χ4v) is 2.63. The number of nitrogens with zero attached hydrogens (tertiary/aromatic N) is 2. The van der Waals surface area contributed by atoms with Crippen LogP contribution >= 0.6 is 0 Å². The standard InChI is InChI=1S/C19H34N2/c1-4-7-10-13-17-16-18(14-11-8-5-2)21-19(20-17)15-12-9-6-3/h16H,4-15H2,1-3H3. The van der Waals surface area contributed by atoms with Gasteiger partial charge in [0.1, 0.15) is 5.82 Å². The summed E-state index contributed by atoms with van der Waals surface area (Å²) in [5, 5.41) is 0. The average molecular weight is 290 g/mol. The van der Waals surface area contributed by atoms with E-state index in [0.29, 0.717) is 0 Å². The maximum absolute atomic E-state index is 4.79. The quantitative estimate of drug-likeness (QED) is 0.463. The van der Waals surface area contributed by atoms with Crippen molar-refractivity contribution in [1.82, 2.24) is 9.97 Å². The molecule has 0 unspecified atom stereocenters. The summed E-state index contributed by atoms with van der Waals surface area (Å²) < 4.78 is 0. The zero-order valence-corrected chi connectivity index (χ0v) is 14.5. The van der Waals surface area contributed by atoms with Crippen molar-refractivity contribution < 1.29 is 0 Å². The topological polar surface area (TPSA) is 25.8 Å². The molecule has 21 heavy (non-hydrogen) atoms. The first-order chi connectivity index (χ1) is 10.3. The van der Waals surface area contributed by atoms with Gasteiger partial charge in [0.15, 0.2) is 0 Å². The van der Waals surface area contributed by atoms with E-state index in [4.69, 9.17) is 9.97 Å². The predicted molar refractivity (Wildman–Crippen MR) is 91.7 cm³/mol. The van der Waals surface area contributed by atoms with Crippen molar-refractivity contribution >= 4 is 0 Å². The van der Waals surface area contributed by atoms with Crippen LogP contribution in [0.3, 0.4) is 0 Å². The normalized spacial score (nSPS) is 11.0. The Balaban J connectivity index is 2.65. The van der Waals surface area contributed by atoms with Gasteiger partial charge in [-0.15, -0.1) is 0 Å². The Kier molecular flexibility index (Phi) is 10.1. The highest BCUT2D eigenvalue weighted by atomic mass is 14.9. The van der Waals surface area contributed by atoms with Crippen LogP contribution in [0, 0.1) is 0 Å². The van der Waals surface area contributed by atoms with Crippen molar-refractivity contribution in [3.63, 3.8) is 0 Å². The molecule has 0 amide bonds. The van der Waals surface area contributed by atoms with Gasteiger partial charge >= 0.3 is 0 Å². The van der Waals surface area contributed by atoms with Crippen molar-refractivity contribution in [3.05, 3.63) is 23.3 Å². The monoisotopic (exact) mass is 290 g/mol. The molecule has 0 aliphatic rings. The van der Waals surface area contributed by atoms with Crippen LogP contribution in [-0.2, 0) is 19.3 Å². The first-order valence-electron chi connectivity index (χ1n) is 9.15. The Morgan fingerprint density at radius 2 is 1.05 bits per heavy atom. The molecule has 0 fully saturated rings. The van der Waals surface area contributed by atoms with Crippen LogP contribution < -0.4 is 0 Å². The summed E-state index contributed by atoms with van der Waals surface area (Å²) in [5.41, 5.74) is 2.55. The molecule has 0 saturated carbocycles. The van der Waals surface area contributed by atoms with Crippen molar-refractivity contribution in [1.29, 1.82) is 0 Å².